The van der Waals surface area contributed by atoms with Crippen molar-refractivity contribution in [2.45, 2.75) is 37.5 Å². The molecule has 0 saturated carbocycles. The van der Waals surface area contributed by atoms with Crippen molar-refractivity contribution in [2.24, 2.45) is 0 Å². The van der Waals surface area contributed by atoms with E-state index in [-0.39, 0.29) is 11.8 Å². The van der Waals surface area contributed by atoms with Crippen LogP contribution in [0.4, 0.5) is 0 Å². The molecule has 0 amide bonds. The van der Waals surface area contributed by atoms with Gasteiger partial charge < -0.3 is 5.11 Å². The number of hydrogen-bond donors (Lipinski definition) is 1. The fourth-order valence-corrected chi connectivity index (χ4v) is 5.26. The van der Waals surface area contributed by atoms with Gasteiger partial charge in [0.2, 0.25) is 0 Å². The van der Waals surface area contributed by atoms with Crippen LogP contribution in [0.15, 0.2) is 48.5 Å². The fraction of sp³-hybridized carbons (Fsp3) is 0.381. The standard InChI is InChI=1S/C21H23ClO2S/c22-19-9-7-18(8-10-19)21(12-13-25-15-21)11-1-2-16-3-5-17(6-4-16)14-20(23)24/h3-10H,1-2,11-15H2,(H,23,24). The summed E-state index contributed by atoms with van der Waals surface area (Å²) in [5, 5.41) is 9.64. The molecular formula is C21H23ClO2S. The van der Waals surface area contributed by atoms with E-state index in [0.717, 1.165) is 23.4 Å². The number of hydrogen-bond acceptors (Lipinski definition) is 2. The van der Waals surface area contributed by atoms with Crippen molar-refractivity contribution in [1.82, 2.24) is 0 Å². The Morgan fingerprint density at radius 1 is 1.08 bits per heavy atom. The Morgan fingerprint density at radius 3 is 2.36 bits per heavy atom. The molecule has 132 valence electrons. The van der Waals surface area contributed by atoms with E-state index in [1.807, 2.05) is 36.0 Å². The molecule has 0 radical (unpaired) electrons. The lowest BCUT2D eigenvalue weighted by Crippen LogP contribution is -2.25. The Hall–Kier alpha value is -1.45. The molecule has 2 aromatic carbocycles. The van der Waals surface area contributed by atoms with E-state index < -0.39 is 5.97 Å². The number of rotatable bonds is 7. The zero-order valence-corrected chi connectivity index (χ0v) is 15.8. The molecule has 0 aliphatic carbocycles. The largest absolute Gasteiger partial charge is 0.481 e. The fourth-order valence-electron chi connectivity index (χ4n) is 3.61. The third kappa shape index (κ3) is 4.80. The van der Waals surface area contributed by atoms with Crippen molar-refractivity contribution in [3.05, 3.63) is 70.2 Å². The normalized spacial score (nSPS) is 19.9. The van der Waals surface area contributed by atoms with Crippen LogP contribution in [0, 0.1) is 0 Å². The second-order valence-corrected chi connectivity index (χ2v) is 8.37. The highest BCUT2D eigenvalue weighted by atomic mass is 35.5. The minimum absolute atomic E-state index is 0.0944. The summed E-state index contributed by atoms with van der Waals surface area (Å²) in [4.78, 5) is 10.8. The van der Waals surface area contributed by atoms with E-state index in [1.165, 1.54) is 35.5 Å². The molecule has 1 atom stereocenters. The zero-order chi connectivity index (χ0) is 17.7. The second-order valence-electron chi connectivity index (χ2n) is 6.83. The van der Waals surface area contributed by atoms with E-state index in [9.17, 15) is 4.79 Å². The highest BCUT2D eigenvalue weighted by molar-refractivity contribution is 7.99. The number of carboxylic acid groups (broad SMARTS) is 1. The summed E-state index contributed by atoms with van der Waals surface area (Å²) in [6.45, 7) is 0. The molecule has 1 unspecified atom stereocenters. The number of carbonyl (C=O) groups is 1. The van der Waals surface area contributed by atoms with Gasteiger partial charge in [-0.15, -0.1) is 0 Å². The van der Waals surface area contributed by atoms with Crippen LogP contribution in [0.25, 0.3) is 0 Å². The minimum atomic E-state index is -0.781. The third-order valence-electron chi connectivity index (χ3n) is 5.06. The van der Waals surface area contributed by atoms with Crippen LogP contribution >= 0.6 is 23.4 Å². The molecule has 25 heavy (non-hydrogen) atoms. The lowest BCUT2D eigenvalue weighted by Gasteiger charge is -2.29. The quantitative estimate of drug-likeness (QED) is 0.708. The van der Waals surface area contributed by atoms with Crippen LogP contribution in [0.3, 0.4) is 0 Å². The molecule has 1 saturated heterocycles. The molecule has 2 aromatic rings. The van der Waals surface area contributed by atoms with E-state index in [4.69, 9.17) is 16.7 Å². The van der Waals surface area contributed by atoms with E-state index in [1.54, 1.807) is 0 Å². The van der Waals surface area contributed by atoms with Gasteiger partial charge >= 0.3 is 5.97 Å². The van der Waals surface area contributed by atoms with Crippen LogP contribution in [0.2, 0.25) is 5.02 Å². The number of halogens is 1. The first-order valence-electron chi connectivity index (χ1n) is 8.71. The number of aryl methyl sites for hydroxylation is 1. The summed E-state index contributed by atoms with van der Waals surface area (Å²) < 4.78 is 0. The van der Waals surface area contributed by atoms with Crippen LogP contribution in [0.5, 0.6) is 0 Å². The Labute approximate surface area is 158 Å². The number of benzene rings is 2. The number of thioether (sulfide) groups is 1. The molecular weight excluding hydrogens is 352 g/mol. The van der Waals surface area contributed by atoms with Gasteiger partial charge in [-0.25, -0.2) is 0 Å². The van der Waals surface area contributed by atoms with Gasteiger partial charge in [-0.2, -0.15) is 11.8 Å². The Balaban J connectivity index is 1.61. The lowest BCUT2D eigenvalue weighted by atomic mass is 9.76. The van der Waals surface area contributed by atoms with Crippen molar-refractivity contribution < 1.29 is 9.90 Å². The van der Waals surface area contributed by atoms with Gasteiger partial charge in [0.05, 0.1) is 6.42 Å². The van der Waals surface area contributed by atoms with Gasteiger partial charge in [0.25, 0.3) is 0 Å². The Morgan fingerprint density at radius 2 is 1.76 bits per heavy atom. The van der Waals surface area contributed by atoms with Gasteiger partial charge in [-0.05, 0) is 60.3 Å². The average molecular weight is 375 g/mol. The summed E-state index contributed by atoms with van der Waals surface area (Å²) >= 11 is 8.10. The van der Waals surface area contributed by atoms with Gasteiger partial charge in [-0.3, -0.25) is 4.79 Å². The van der Waals surface area contributed by atoms with Crippen LogP contribution in [-0.4, -0.2) is 22.6 Å². The molecule has 3 rings (SSSR count). The zero-order valence-electron chi connectivity index (χ0n) is 14.2. The highest BCUT2D eigenvalue weighted by Gasteiger charge is 2.35. The second kappa shape index (κ2) is 8.29. The molecule has 1 fully saturated rings. The van der Waals surface area contributed by atoms with Crippen LogP contribution in [-0.2, 0) is 23.1 Å². The van der Waals surface area contributed by atoms with Crippen molar-refractivity contribution in [3.63, 3.8) is 0 Å². The van der Waals surface area contributed by atoms with E-state index in [0.29, 0.717) is 0 Å². The van der Waals surface area contributed by atoms with Crippen molar-refractivity contribution >= 4 is 29.3 Å². The van der Waals surface area contributed by atoms with Gasteiger partial charge in [0.15, 0.2) is 0 Å². The van der Waals surface area contributed by atoms with E-state index in [2.05, 4.69) is 24.3 Å². The van der Waals surface area contributed by atoms with Crippen LogP contribution < -0.4 is 0 Å². The van der Waals surface area contributed by atoms with Crippen molar-refractivity contribution in [1.29, 1.82) is 0 Å². The molecule has 1 N–H and O–H groups in total. The maximum absolute atomic E-state index is 10.8. The Kier molecular flexibility index (Phi) is 6.08. The predicted molar refractivity (Wildman–Crippen MR) is 106 cm³/mol. The molecule has 2 nitrogen and oxygen atoms in total. The molecule has 1 aliphatic heterocycles. The van der Waals surface area contributed by atoms with Gasteiger partial charge in [0, 0.05) is 16.2 Å². The first kappa shape index (κ1) is 18.3. The summed E-state index contributed by atoms with van der Waals surface area (Å²) in [5.74, 6) is 1.63. The highest BCUT2D eigenvalue weighted by Crippen LogP contribution is 2.43. The number of carboxylic acids is 1. The third-order valence-corrected chi connectivity index (χ3v) is 6.56. The minimum Gasteiger partial charge on any atom is -0.481 e. The van der Waals surface area contributed by atoms with Crippen LogP contribution in [0.1, 0.15) is 36.0 Å². The summed E-state index contributed by atoms with van der Waals surface area (Å²) in [7, 11) is 0. The van der Waals surface area contributed by atoms with Gasteiger partial charge in [0.1, 0.15) is 0 Å². The molecule has 0 bridgehead atoms. The maximum Gasteiger partial charge on any atom is 0.307 e. The van der Waals surface area contributed by atoms with E-state index >= 15 is 0 Å². The molecule has 1 aliphatic rings. The predicted octanol–water partition coefficient (Wildman–Crippen LogP) is 5.36. The number of aliphatic carboxylic acids is 1. The first-order chi connectivity index (χ1) is 12.1. The molecule has 0 aromatic heterocycles. The summed E-state index contributed by atoms with van der Waals surface area (Å²) in [6, 6.07) is 16.4. The average Bonchev–Trinajstić information content (AvgIpc) is 3.06. The molecule has 4 heteroatoms. The first-order valence-corrected chi connectivity index (χ1v) is 10.2. The lowest BCUT2D eigenvalue weighted by molar-refractivity contribution is -0.136. The molecule has 1 heterocycles. The van der Waals surface area contributed by atoms with Gasteiger partial charge in [-0.1, -0.05) is 48.0 Å². The van der Waals surface area contributed by atoms with Crippen molar-refractivity contribution in [3.8, 4) is 0 Å². The van der Waals surface area contributed by atoms with Crippen molar-refractivity contribution in [2.75, 3.05) is 11.5 Å². The monoisotopic (exact) mass is 374 g/mol. The Bertz CT molecular complexity index is 704. The topological polar surface area (TPSA) is 37.3 Å². The SMILES string of the molecule is O=C(O)Cc1ccc(CCCC2(c3ccc(Cl)cc3)CCSC2)cc1. The summed E-state index contributed by atoms with van der Waals surface area (Å²) in [6.07, 6.45) is 4.68. The smallest absolute Gasteiger partial charge is 0.307 e. The maximum atomic E-state index is 10.8. The molecule has 0 spiro atoms. The summed E-state index contributed by atoms with van der Waals surface area (Å²) in [5.41, 5.74) is 3.84.